The van der Waals surface area contributed by atoms with E-state index in [0.29, 0.717) is 26.1 Å². The van der Waals surface area contributed by atoms with Crippen molar-refractivity contribution in [3.05, 3.63) is 29.3 Å². The van der Waals surface area contributed by atoms with Crippen LogP contribution in [0.5, 0.6) is 5.75 Å². The summed E-state index contributed by atoms with van der Waals surface area (Å²) >= 11 is 0. The van der Waals surface area contributed by atoms with Gasteiger partial charge in [0, 0.05) is 7.05 Å². The summed E-state index contributed by atoms with van der Waals surface area (Å²) in [6.45, 7) is 5.73. The number of aryl methyl sites for hydroxylation is 2. The number of rotatable bonds is 7. The number of aliphatic carboxylic acids is 1. The van der Waals surface area contributed by atoms with E-state index in [2.05, 4.69) is 6.07 Å². The molecule has 0 aromatic heterocycles. The molecule has 1 fully saturated rings. The van der Waals surface area contributed by atoms with Gasteiger partial charge in [0.15, 0.2) is 0 Å². The summed E-state index contributed by atoms with van der Waals surface area (Å²) in [6, 6.07) is 5.48. The minimum Gasteiger partial charge on any atom is -0.492 e. The molecule has 1 unspecified atom stereocenters. The maximum absolute atomic E-state index is 12.4. The summed E-state index contributed by atoms with van der Waals surface area (Å²) in [6.07, 6.45) is 2.46. The smallest absolute Gasteiger partial charge is 0.320 e. The predicted molar refractivity (Wildman–Crippen MR) is 95.9 cm³/mol. The number of nitrogens with zero attached hydrogens (tertiary/aromatic N) is 2. The fraction of sp³-hybridized carbons (Fsp3) is 0.579. The van der Waals surface area contributed by atoms with Crippen LogP contribution in [0, 0.1) is 13.8 Å². The number of likely N-dealkylation sites (tertiary alicyclic amines) is 1. The zero-order chi connectivity index (χ0) is 18.4. The Morgan fingerprint density at radius 2 is 1.92 bits per heavy atom. The molecule has 1 heterocycles. The van der Waals surface area contributed by atoms with E-state index < -0.39 is 12.0 Å². The number of carbonyl (C=O) groups is 2. The van der Waals surface area contributed by atoms with Crippen molar-refractivity contribution in [1.82, 2.24) is 9.80 Å². The van der Waals surface area contributed by atoms with Gasteiger partial charge in [0.25, 0.3) is 0 Å². The molecule has 1 atom stereocenters. The van der Waals surface area contributed by atoms with Gasteiger partial charge in [0.2, 0.25) is 5.91 Å². The molecule has 6 nitrogen and oxygen atoms in total. The highest BCUT2D eigenvalue weighted by Gasteiger charge is 2.30. The molecule has 0 saturated carbocycles. The van der Waals surface area contributed by atoms with Gasteiger partial charge in [0.05, 0.1) is 13.1 Å². The quantitative estimate of drug-likeness (QED) is 0.817. The van der Waals surface area contributed by atoms with E-state index in [0.717, 1.165) is 29.7 Å². The van der Waals surface area contributed by atoms with Crippen molar-refractivity contribution in [2.45, 2.75) is 39.2 Å². The number of benzene rings is 1. The number of carboxylic acids is 1. The summed E-state index contributed by atoms with van der Waals surface area (Å²) in [5.41, 5.74) is 2.29. The van der Waals surface area contributed by atoms with Gasteiger partial charge in [-0.3, -0.25) is 14.5 Å². The fourth-order valence-electron chi connectivity index (χ4n) is 3.20. The summed E-state index contributed by atoms with van der Waals surface area (Å²) in [4.78, 5) is 27.1. The Balaban J connectivity index is 1.80. The second-order valence-corrected chi connectivity index (χ2v) is 6.81. The molecule has 1 aliphatic rings. The van der Waals surface area contributed by atoms with Gasteiger partial charge in [-0.2, -0.15) is 0 Å². The molecule has 1 saturated heterocycles. The first-order valence-corrected chi connectivity index (χ1v) is 8.78. The highest BCUT2D eigenvalue weighted by Crippen LogP contribution is 2.18. The van der Waals surface area contributed by atoms with Crippen molar-refractivity contribution in [2.75, 3.05) is 33.3 Å². The van der Waals surface area contributed by atoms with E-state index >= 15 is 0 Å². The number of amides is 1. The Bertz CT molecular complexity index is 597. The van der Waals surface area contributed by atoms with Crippen LogP contribution in [0.15, 0.2) is 18.2 Å². The molecule has 25 heavy (non-hydrogen) atoms. The molecule has 0 radical (unpaired) electrons. The van der Waals surface area contributed by atoms with Gasteiger partial charge in [-0.05, 0) is 56.5 Å². The van der Waals surface area contributed by atoms with Gasteiger partial charge in [-0.15, -0.1) is 0 Å². The largest absolute Gasteiger partial charge is 0.492 e. The zero-order valence-corrected chi connectivity index (χ0v) is 15.3. The number of carboxylic acid groups (broad SMARTS) is 1. The topological polar surface area (TPSA) is 70.1 Å². The molecule has 2 rings (SSSR count). The van der Waals surface area contributed by atoms with Crippen molar-refractivity contribution >= 4 is 11.9 Å². The van der Waals surface area contributed by atoms with E-state index in [1.54, 1.807) is 16.8 Å². The lowest BCUT2D eigenvalue weighted by Crippen LogP contribution is -2.49. The Morgan fingerprint density at radius 1 is 1.24 bits per heavy atom. The summed E-state index contributed by atoms with van der Waals surface area (Å²) in [5, 5.41) is 9.29. The third-order valence-electron chi connectivity index (χ3n) is 4.55. The van der Waals surface area contributed by atoms with Gasteiger partial charge in [0.1, 0.15) is 18.4 Å². The van der Waals surface area contributed by atoms with Crippen LogP contribution in [0.2, 0.25) is 0 Å². The number of likely N-dealkylation sites (N-methyl/N-ethyl adjacent to an activating group) is 1. The molecule has 1 aromatic rings. The molecule has 1 aliphatic heterocycles. The van der Waals surface area contributed by atoms with Gasteiger partial charge < -0.3 is 14.7 Å². The van der Waals surface area contributed by atoms with Crippen molar-refractivity contribution in [3.8, 4) is 5.75 Å². The number of hydrogen-bond acceptors (Lipinski definition) is 4. The first-order valence-electron chi connectivity index (χ1n) is 8.78. The fourth-order valence-corrected chi connectivity index (χ4v) is 3.20. The van der Waals surface area contributed by atoms with Crippen molar-refractivity contribution in [1.29, 1.82) is 0 Å². The van der Waals surface area contributed by atoms with E-state index in [4.69, 9.17) is 4.74 Å². The second-order valence-electron chi connectivity index (χ2n) is 6.81. The van der Waals surface area contributed by atoms with Crippen LogP contribution in [-0.4, -0.2) is 66.1 Å². The van der Waals surface area contributed by atoms with Crippen molar-refractivity contribution in [3.63, 3.8) is 0 Å². The third-order valence-corrected chi connectivity index (χ3v) is 4.55. The van der Waals surface area contributed by atoms with Crippen LogP contribution >= 0.6 is 0 Å². The Labute approximate surface area is 149 Å². The summed E-state index contributed by atoms with van der Waals surface area (Å²) < 4.78 is 5.74. The van der Waals surface area contributed by atoms with Crippen LogP contribution in [0.1, 0.15) is 30.4 Å². The summed E-state index contributed by atoms with van der Waals surface area (Å²) in [5.74, 6) is -0.106. The van der Waals surface area contributed by atoms with E-state index in [-0.39, 0.29) is 12.5 Å². The van der Waals surface area contributed by atoms with Crippen LogP contribution < -0.4 is 4.74 Å². The number of carbonyl (C=O) groups excluding carboxylic acids is 1. The molecule has 0 spiro atoms. The lowest BCUT2D eigenvalue weighted by atomic mass is 10.0. The zero-order valence-electron chi connectivity index (χ0n) is 15.3. The maximum atomic E-state index is 12.4. The summed E-state index contributed by atoms with van der Waals surface area (Å²) in [7, 11) is 1.73. The molecular formula is C19H28N2O4. The van der Waals surface area contributed by atoms with Crippen molar-refractivity contribution < 1.29 is 19.4 Å². The second kappa shape index (κ2) is 8.85. The van der Waals surface area contributed by atoms with Crippen molar-refractivity contribution in [2.24, 2.45) is 0 Å². The van der Waals surface area contributed by atoms with Gasteiger partial charge in [-0.1, -0.05) is 12.5 Å². The predicted octanol–water partition coefficient (Wildman–Crippen LogP) is 2.08. The average molecular weight is 348 g/mol. The number of ether oxygens (including phenoxy) is 1. The Hall–Kier alpha value is -2.08. The first-order chi connectivity index (χ1) is 11.9. The van der Waals surface area contributed by atoms with Crippen LogP contribution in [0.25, 0.3) is 0 Å². The minimum atomic E-state index is -0.840. The highest BCUT2D eigenvalue weighted by atomic mass is 16.5. The van der Waals surface area contributed by atoms with Gasteiger partial charge >= 0.3 is 5.97 Å². The lowest BCUT2D eigenvalue weighted by Gasteiger charge is -2.33. The lowest BCUT2D eigenvalue weighted by molar-refractivity contribution is -0.146. The molecule has 1 aromatic carbocycles. The Morgan fingerprint density at radius 3 is 2.56 bits per heavy atom. The molecule has 138 valence electrons. The SMILES string of the molecule is Cc1cc(C)cc(OCCN(C)C(=O)CN2CCCCC2C(=O)O)c1. The van der Waals surface area contributed by atoms with Crippen LogP contribution in [0.4, 0.5) is 0 Å². The number of piperidine rings is 1. The Kier molecular flexibility index (Phi) is 6.82. The monoisotopic (exact) mass is 348 g/mol. The molecule has 1 N–H and O–H groups in total. The number of hydrogen-bond donors (Lipinski definition) is 1. The molecule has 6 heteroatoms. The highest BCUT2D eigenvalue weighted by molar-refractivity contribution is 5.80. The van der Waals surface area contributed by atoms with Crippen LogP contribution in [0.3, 0.4) is 0 Å². The van der Waals surface area contributed by atoms with E-state index in [1.807, 2.05) is 26.0 Å². The minimum absolute atomic E-state index is 0.0721. The molecular weight excluding hydrogens is 320 g/mol. The molecule has 0 aliphatic carbocycles. The van der Waals surface area contributed by atoms with Crippen LogP contribution in [-0.2, 0) is 9.59 Å². The normalized spacial score (nSPS) is 18.0. The maximum Gasteiger partial charge on any atom is 0.320 e. The standard InChI is InChI=1S/C19H28N2O4/c1-14-10-15(2)12-16(11-14)25-9-8-20(3)18(22)13-21-7-5-4-6-17(21)19(23)24/h10-12,17H,4-9,13H2,1-3H3,(H,23,24). The van der Waals surface area contributed by atoms with E-state index in [9.17, 15) is 14.7 Å². The van der Waals surface area contributed by atoms with E-state index in [1.165, 1.54) is 0 Å². The average Bonchev–Trinajstić information content (AvgIpc) is 2.54. The van der Waals surface area contributed by atoms with Gasteiger partial charge in [-0.25, -0.2) is 0 Å². The first kappa shape index (κ1) is 19.2. The third kappa shape index (κ3) is 5.74. The molecule has 0 bridgehead atoms. The molecule has 1 amide bonds.